The molecule has 15 heavy (non-hydrogen) atoms. The Labute approximate surface area is 93.8 Å². The Morgan fingerprint density at radius 3 is 2.93 bits per heavy atom. The van der Waals surface area contributed by atoms with Crippen molar-refractivity contribution in [2.75, 3.05) is 0 Å². The fourth-order valence-electron chi connectivity index (χ4n) is 1.89. The molecule has 0 saturated heterocycles. The fraction of sp³-hybridized carbons (Fsp3) is 0.545. The molecule has 2 atom stereocenters. The van der Waals surface area contributed by atoms with E-state index >= 15 is 0 Å². The normalized spacial score (nSPS) is 26.2. The minimum Gasteiger partial charge on any atom is -0.472 e. The second-order valence-electron chi connectivity index (χ2n) is 3.89. The summed E-state index contributed by atoms with van der Waals surface area (Å²) in [5.41, 5.74) is 0.560. The van der Waals surface area contributed by atoms with Gasteiger partial charge in [-0.3, -0.25) is 4.79 Å². The largest absolute Gasteiger partial charge is 0.472 e. The third-order valence-electron chi connectivity index (χ3n) is 2.78. The highest BCUT2D eigenvalue weighted by atomic mass is 35.5. The molecule has 0 bridgehead atoms. The minimum absolute atomic E-state index is 0.0644. The maximum absolute atomic E-state index is 11.7. The molecule has 2 rings (SSSR count). The van der Waals surface area contributed by atoms with E-state index in [0.717, 1.165) is 25.7 Å². The number of furan rings is 1. The number of rotatable bonds is 2. The van der Waals surface area contributed by atoms with Crippen molar-refractivity contribution in [3.05, 3.63) is 24.2 Å². The molecule has 0 aliphatic heterocycles. The SMILES string of the molecule is O=C(NC1CCCCC1Cl)c1ccoc1. The lowest BCUT2D eigenvalue weighted by molar-refractivity contribution is 0.0928. The summed E-state index contributed by atoms with van der Waals surface area (Å²) in [5, 5.41) is 3.00. The highest BCUT2D eigenvalue weighted by molar-refractivity contribution is 6.21. The Hall–Kier alpha value is -0.960. The van der Waals surface area contributed by atoms with Crippen molar-refractivity contribution in [2.24, 2.45) is 0 Å². The zero-order chi connectivity index (χ0) is 10.7. The summed E-state index contributed by atoms with van der Waals surface area (Å²) in [5.74, 6) is -0.0960. The molecule has 1 aromatic rings. The molecule has 1 heterocycles. The van der Waals surface area contributed by atoms with Crippen molar-refractivity contribution in [1.29, 1.82) is 0 Å². The molecule has 0 spiro atoms. The van der Waals surface area contributed by atoms with Crippen LogP contribution in [0.2, 0.25) is 0 Å². The van der Waals surface area contributed by atoms with Crippen LogP contribution in [0.4, 0.5) is 0 Å². The lowest BCUT2D eigenvalue weighted by Crippen LogP contribution is -2.42. The van der Waals surface area contributed by atoms with Gasteiger partial charge in [0.2, 0.25) is 0 Å². The second-order valence-corrected chi connectivity index (χ2v) is 4.45. The van der Waals surface area contributed by atoms with Gasteiger partial charge in [-0.15, -0.1) is 11.6 Å². The molecule has 1 saturated carbocycles. The van der Waals surface area contributed by atoms with Crippen LogP contribution < -0.4 is 5.32 Å². The van der Waals surface area contributed by atoms with Crippen LogP contribution in [-0.2, 0) is 0 Å². The molecule has 1 fully saturated rings. The molecule has 0 radical (unpaired) electrons. The third kappa shape index (κ3) is 2.53. The summed E-state index contributed by atoms with van der Waals surface area (Å²) in [6, 6.07) is 1.75. The van der Waals surface area contributed by atoms with Crippen LogP contribution in [0.3, 0.4) is 0 Å². The van der Waals surface area contributed by atoms with Crippen molar-refractivity contribution < 1.29 is 9.21 Å². The zero-order valence-corrected chi connectivity index (χ0v) is 9.17. The predicted octanol–water partition coefficient (Wildman–Crippen LogP) is 2.56. The van der Waals surface area contributed by atoms with Gasteiger partial charge in [0.25, 0.3) is 5.91 Å². The number of carbonyl (C=O) groups is 1. The van der Waals surface area contributed by atoms with Gasteiger partial charge < -0.3 is 9.73 Å². The Morgan fingerprint density at radius 1 is 1.47 bits per heavy atom. The summed E-state index contributed by atoms with van der Waals surface area (Å²) in [6.07, 6.45) is 7.19. The average Bonchev–Trinajstić information content (AvgIpc) is 2.74. The monoisotopic (exact) mass is 227 g/mol. The fourth-order valence-corrected chi connectivity index (χ4v) is 2.24. The first-order valence-corrected chi connectivity index (χ1v) is 5.68. The molecule has 1 aromatic heterocycles. The molecule has 2 unspecified atom stereocenters. The maximum Gasteiger partial charge on any atom is 0.254 e. The van der Waals surface area contributed by atoms with Crippen LogP contribution in [0.1, 0.15) is 36.0 Å². The first-order valence-electron chi connectivity index (χ1n) is 5.24. The Kier molecular flexibility index (Phi) is 3.31. The van der Waals surface area contributed by atoms with Gasteiger partial charge >= 0.3 is 0 Å². The number of alkyl halides is 1. The van der Waals surface area contributed by atoms with E-state index in [0.29, 0.717) is 5.56 Å². The van der Waals surface area contributed by atoms with Gasteiger partial charge in [0.05, 0.1) is 17.2 Å². The Morgan fingerprint density at radius 2 is 2.27 bits per heavy atom. The van der Waals surface area contributed by atoms with E-state index in [9.17, 15) is 4.79 Å². The number of nitrogens with one attached hydrogen (secondary N) is 1. The second kappa shape index (κ2) is 4.71. The topological polar surface area (TPSA) is 42.2 Å². The smallest absolute Gasteiger partial charge is 0.254 e. The van der Waals surface area contributed by atoms with Crippen LogP contribution in [0.25, 0.3) is 0 Å². The third-order valence-corrected chi connectivity index (χ3v) is 3.30. The van der Waals surface area contributed by atoms with Gasteiger partial charge in [0, 0.05) is 6.04 Å². The minimum atomic E-state index is -0.0960. The maximum atomic E-state index is 11.7. The summed E-state index contributed by atoms with van der Waals surface area (Å²) in [4.78, 5) is 11.7. The van der Waals surface area contributed by atoms with Crippen molar-refractivity contribution in [3.8, 4) is 0 Å². The van der Waals surface area contributed by atoms with Crippen molar-refractivity contribution >= 4 is 17.5 Å². The Bertz CT molecular complexity index is 323. The molecule has 82 valence electrons. The highest BCUT2D eigenvalue weighted by Crippen LogP contribution is 2.23. The van der Waals surface area contributed by atoms with Crippen molar-refractivity contribution in [3.63, 3.8) is 0 Å². The van der Waals surface area contributed by atoms with E-state index in [1.807, 2.05) is 0 Å². The van der Waals surface area contributed by atoms with E-state index in [4.69, 9.17) is 16.0 Å². The first kappa shape index (κ1) is 10.6. The zero-order valence-electron chi connectivity index (χ0n) is 8.41. The number of hydrogen-bond acceptors (Lipinski definition) is 2. The summed E-state index contributed by atoms with van der Waals surface area (Å²) >= 11 is 6.15. The van der Waals surface area contributed by atoms with E-state index in [1.165, 1.54) is 12.5 Å². The Balaban J connectivity index is 1.93. The van der Waals surface area contributed by atoms with Crippen LogP contribution in [-0.4, -0.2) is 17.3 Å². The van der Waals surface area contributed by atoms with E-state index < -0.39 is 0 Å². The average molecular weight is 228 g/mol. The summed E-state index contributed by atoms with van der Waals surface area (Å²) in [7, 11) is 0. The molecule has 0 aromatic carbocycles. The number of amides is 1. The van der Waals surface area contributed by atoms with Crippen LogP contribution in [0.5, 0.6) is 0 Å². The molecule has 3 nitrogen and oxygen atoms in total. The quantitative estimate of drug-likeness (QED) is 0.789. The van der Waals surface area contributed by atoms with Gasteiger partial charge in [0.15, 0.2) is 0 Å². The number of halogens is 1. The van der Waals surface area contributed by atoms with Crippen molar-refractivity contribution in [2.45, 2.75) is 37.1 Å². The molecule has 1 amide bonds. The van der Waals surface area contributed by atoms with Crippen LogP contribution >= 0.6 is 11.6 Å². The van der Waals surface area contributed by atoms with Gasteiger partial charge in [-0.25, -0.2) is 0 Å². The van der Waals surface area contributed by atoms with E-state index in [2.05, 4.69) is 5.32 Å². The summed E-state index contributed by atoms with van der Waals surface area (Å²) in [6.45, 7) is 0. The molecule has 1 aliphatic carbocycles. The molecule has 1 aliphatic rings. The van der Waals surface area contributed by atoms with Gasteiger partial charge in [-0.1, -0.05) is 12.8 Å². The summed E-state index contributed by atoms with van der Waals surface area (Å²) < 4.78 is 4.86. The van der Waals surface area contributed by atoms with Crippen LogP contribution in [0, 0.1) is 0 Å². The molecular formula is C11H14ClNO2. The van der Waals surface area contributed by atoms with E-state index in [-0.39, 0.29) is 17.3 Å². The lowest BCUT2D eigenvalue weighted by atomic mass is 9.95. The molecule has 1 N–H and O–H groups in total. The van der Waals surface area contributed by atoms with Gasteiger partial charge in [-0.2, -0.15) is 0 Å². The number of carbonyl (C=O) groups excluding carboxylic acids is 1. The molecular weight excluding hydrogens is 214 g/mol. The first-order chi connectivity index (χ1) is 7.27. The van der Waals surface area contributed by atoms with Gasteiger partial charge in [-0.05, 0) is 18.9 Å². The van der Waals surface area contributed by atoms with Crippen molar-refractivity contribution in [1.82, 2.24) is 5.32 Å². The number of hydrogen-bond donors (Lipinski definition) is 1. The highest BCUT2D eigenvalue weighted by Gasteiger charge is 2.24. The lowest BCUT2D eigenvalue weighted by Gasteiger charge is -2.27. The van der Waals surface area contributed by atoms with Gasteiger partial charge in [0.1, 0.15) is 6.26 Å². The molecule has 4 heteroatoms. The van der Waals surface area contributed by atoms with E-state index in [1.54, 1.807) is 6.07 Å². The standard InChI is InChI=1S/C11H14ClNO2/c12-9-3-1-2-4-10(9)13-11(14)8-5-6-15-7-8/h5-7,9-10H,1-4H2,(H,13,14). The predicted molar refractivity (Wildman–Crippen MR) is 58.1 cm³/mol. The van der Waals surface area contributed by atoms with Crippen LogP contribution in [0.15, 0.2) is 23.0 Å².